The maximum atomic E-state index is 6.03. The zero-order valence-corrected chi connectivity index (χ0v) is 10.6. The SMILES string of the molecule is COc1ccc2c(N)nc(-c3ccccc3)cc2c1. The van der Waals surface area contributed by atoms with E-state index < -0.39 is 0 Å². The van der Waals surface area contributed by atoms with Gasteiger partial charge < -0.3 is 10.5 Å². The van der Waals surface area contributed by atoms with Gasteiger partial charge in [-0.1, -0.05) is 30.3 Å². The highest BCUT2D eigenvalue weighted by Gasteiger charge is 2.06. The number of hydrogen-bond acceptors (Lipinski definition) is 3. The Bertz CT molecular complexity index is 723. The van der Waals surface area contributed by atoms with E-state index in [0.717, 1.165) is 27.8 Å². The molecule has 3 nitrogen and oxygen atoms in total. The van der Waals surface area contributed by atoms with Crippen LogP contribution in [0.4, 0.5) is 5.82 Å². The number of hydrogen-bond donors (Lipinski definition) is 1. The maximum absolute atomic E-state index is 6.03. The molecule has 0 amide bonds. The molecule has 0 bridgehead atoms. The quantitative estimate of drug-likeness (QED) is 0.757. The van der Waals surface area contributed by atoms with E-state index in [1.165, 1.54) is 0 Å². The summed E-state index contributed by atoms with van der Waals surface area (Å²) in [5, 5.41) is 1.98. The van der Waals surface area contributed by atoms with Crippen LogP contribution in [-0.4, -0.2) is 12.1 Å². The van der Waals surface area contributed by atoms with Crippen LogP contribution in [0.3, 0.4) is 0 Å². The summed E-state index contributed by atoms with van der Waals surface area (Å²) in [6.07, 6.45) is 0. The zero-order chi connectivity index (χ0) is 13.2. The van der Waals surface area contributed by atoms with Crippen LogP contribution >= 0.6 is 0 Å². The fourth-order valence-corrected chi connectivity index (χ4v) is 2.15. The summed E-state index contributed by atoms with van der Waals surface area (Å²) < 4.78 is 5.25. The smallest absolute Gasteiger partial charge is 0.131 e. The molecule has 1 aromatic heterocycles. The van der Waals surface area contributed by atoms with Crippen molar-refractivity contribution in [2.45, 2.75) is 0 Å². The molecular weight excluding hydrogens is 236 g/mol. The second-order valence-corrected chi connectivity index (χ2v) is 4.35. The second kappa shape index (κ2) is 4.61. The number of aromatic nitrogens is 1. The fraction of sp³-hybridized carbons (Fsp3) is 0.0625. The lowest BCUT2D eigenvalue weighted by atomic mass is 10.1. The van der Waals surface area contributed by atoms with Crippen LogP contribution in [0.1, 0.15) is 0 Å². The highest BCUT2D eigenvalue weighted by Crippen LogP contribution is 2.28. The number of nitrogen functional groups attached to an aromatic ring is 1. The Morgan fingerprint density at radius 3 is 2.53 bits per heavy atom. The molecule has 0 aliphatic heterocycles. The molecule has 0 unspecified atom stereocenters. The Balaban J connectivity index is 2.23. The molecule has 0 saturated heterocycles. The zero-order valence-electron chi connectivity index (χ0n) is 10.6. The van der Waals surface area contributed by atoms with Crippen molar-refractivity contribution in [1.29, 1.82) is 0 Å². The minimum absolute atomic E-state index is 0.541. The minimum atomic E-state index is 0.541. The number of rotatable bonds is 2. The molecule has 0 aliphatic rings. The lowest BCUT2D eigenvalue weighted by Gasteiger charge is -2.08. The maximum Gasteiger partial charge on any atom is 0.131 e. The van der Waals surface area contributed by atoms with Crippen molar-refractivity contribution in [3.05, 3.63) is 54.6 Å². The third-order valence-corrected chi connectivity index (χ3v) is 3.14. The number of benzene rings is 2. The van der Waals surface area contributed by atoms with Gasteiger partial charge in [0.15, 0.2) is 0 Å². The highest BCUT2D eigenvalue weighted by atomic mass is 16.5. The van der Waals surface area contributed by atoms with Gasteiger partial charge in [-0.25, -0.2) is 4.98 Å². The lowest BCUT2D eigenvalue weighted by molar-refractivity contribution is 0.415. The van der Waals surface area contributed by atoms with Crippen molar-refractivity contribution in [2.24, 2.45) is 0 Å². The summed E-state index contributed by atoms with van der Waals surface area (Å²) in [5.74, 6) is 1.36. The van der Waals surface area contributed by atoms with Crippen molar-refractivity contribution in [2.75, 3.05) is 12.8 Å². The van der Waals surface area contributed by atoms with Crippen LogP contribution in [0, 0.1) is 0 Å². The lowest BCUT2D eigenvalue weighted by Crippen LogP contribution is -1.95. The molecule has 2 N–H and O–H groups in total. The molecule has 94 valence electrons. The first-order chi connectivity index (χ1) is 9.28. The van der Waals surface area contributed by atoms with Crippen LogP contribution in [0.25, 0.3) is 22.0 Å². The molecule has 19 heavy (non-hydrogen) atoms. The molecular formula is C16H14N2O. The monoisotopic (exact) mass is 250 g/mol. The summed E-state index contributed by atoms with van der Waals surface area (Å²) in [7, 11) is 1.66. The van der Waals surface area contributed by atoms with Crippen LogP contribution in [0.2, 0.25) is 0 Å². The Morgan fingerprint density at radius 2 is 1.79 bits per heavy atom. The number of nitrogens with two attached hydrogens (primary N) is 1. The molecule has 0 spiro atoms. The van der Waals surface area contributed by atoms with E-state index in [-0.39, 0.29) is 0 Å². The largest absolute Gasteiger partial charge is 0.497 e. The van der Waals surface area contributed by atoms with Crippen LogP contribution in [0.5, 0.6) is 5.75 Å². The predicted octanol–water partition coefficient (Wildman–Crippen LogP) is 3.49. The van der Waals surface area contributed by atoms with E-state index in [1.54, 1.807) is 7.11 Å². The van der Waals surface area contributed by atoms with Gasteiger partial charge in [0, 0.05) is 10.9 Å². The van der Waals surface area contributed by atoms with Gasteiger partial charge in [0.05, 0.1) is 12.8 Å². The van der Waals surface area contributed by atoms with Crippen LogP contribution in [-0.2, 0) is 0 Å². The summed E-state index contributed by atoms with van der Waals surface area (Å²) in [6, 6.07) is 17.8. The molecule has 0 fully saturated rings. The average molecular weight is 250 g/mol. The topological polar surface area (TPSA) is 48.1 Å². The summed E-state index contributed by atoms with van der Waals surface area (Å²) in [6.45, 7) is 0. The van der Waals surface area contributed by atoms with Crippen molar-refractivity contribution in [1.82, 2.24) is 4.98 Å². The fourth-order valence-electron chi connectivity index (χ4n) is 2.15. The summed E-state index contributed by atoms with van der Waals surface area (Å²) in [4.78, 5) is 4.46. The molecule has 2 aromatic carbocycles. The van der Waals surface area contributed by atoms with Gasteiger partial charge in [0.25, 0.3) is 0 Å². The number of nitrogens with zero attached hydrogens (tertiary/aromatic N) is 1. The summed E-state index contributed by atoms with van der Waals surface area (Å²) >= 11 is 0. The van der Waals surface area contributed by atoms with E-state index in [9.17, 15) is 0 Å². The first-order valence-corrected chi connectivity index (χ1v) is 6.07. The first-order valence-electron chi connectivity index (χ1n) is 6.07. The van der Waals surface area contributed by atoms with Gasteiger partial charge >= 0.3 is 0 Å². The van der Waals surface area contributed by atoms with Gasteiger partial charge in [-0.15, -0.1) is 0 Å². The number of fused-ring (bicyclic) bond motifs is 1. The normalized spacial score (nSPS) is 10.6. The van der Waals surface area contributed by atoms with E-state index in [1.807, 2.05) is 54.6 Å². The number of methoxy groups -OCH3 is 1. The van der Waals surface area contributed by atoms with Crippen molar-refractivity contribution < 1.29 is 4.74 Å². The third kappa shape index (κ3) is 2.10. The average Bonchev–Trinajstić information content (AvgIpc) is 2.47. The summed E-state index contributed by atoms with van der Waals surface area (Å²) in [5.41, 5.74) is 7.96. The van der Waals surface area contributed by atoms with Gasteiger partial charge in [-0.2, -0.15) is 0 Å². The molecule has 0 radical (unpaired) electrons. The standard InChI is InChI=1S/C16H14N2O/c1-19-13-7-8-14-12(9-13)10-15(18-16(14)17)11-5-3-2-4-6-11/h2-10H,1H3,(H2,17,18). The van der Waals surface area contributed by atoms with E-state index in [4.69, 9.17) is 10.5 Å². The van der Waals surface area contributed by atoms with Crippen LogP contribution in [0.15, 0.2) is 54.6 Å². The predicted molar refractivity (Wildman–Crippen MR) is 78.1 cm³/mol. The van der Waals surface area contributed by atoms with Gasteiger partial charge in [0.2, 0.25) is 0 Å². The number of ether oxygens (including phenoxy) is 1. The Labute approximate surface area is 111 Å². The minimum Gasteiger partial charge on any atom is -0.497 e. The molecule has 0 atom stereocenters. The molecule has 3 rings (SSSR count). The number of anilines is 1. The van der Waals surface area contributed by atoms with Gasteiger partial charge in [0.1, 0.15) is 11.6 Å². The third-order valence-electron chi connectivity index (χ3n) is 3.14. The Morgan fingerprint density at radius 1 is 1.00 bits per heavy atom. The Kier molecular flexibility index (Phi) is 2.80. The van der Waals surface area contributed by atoms with Crippen molar-refractivity contribution in [3.63, 3.8) is 0 Å². The molecule has 3 aromatic rings. The van der Waals surface area contributed by atoms with Gasteiger partial charge in [-0.3, -0.25) is 0 Å². The van der Waals surface area contributed by atoms with Crippen LogP contribution < -0.4 is 10.5 Å². The van der Waals surface area contributed by atoms with Crippen molar-refractivity contribution >= 4 is 16.6 Å². The highest BCUT2D eigenvalue weighted by molar-refractivity contribution is 5.94. The molecule has 3 heteroatoms. The molecule has 0 saturated carbocycles. The van der Waals surface area contributed by atoms with E-state index >= 15 is 0 Å². The van der Waals surface area contributed by atoms with Gasteiger partial charge in [-0.05, 0) is 29.7 Å². The van der Waals surface area contributed by atoms with E-state index in [0.29, 0.717) is 5.82 Å². The van der Waals surface area contributed by atoms with E-state index in [2.05, 4.69) is 4.98 Å². The first kappa shape index (κ1) is 11.5. The van der Waals surface area contributed by atoms with Crippen molar-refractivity contribution in [3.8, 4) is 17.0 Å². The molecule has 0 aliphatic carbocycles. The second-order valence-electron chi connectivity index (χ2n) is 4.35. The molecule has 1 heterocycles. The number of pyridine rings is 1. The Hall–Kier alpha value is -2.55.